The van der Waals surface area contributed by atoms with Crippen LogP contribution in [0.15, 0.2) is 41.6 Å². The van der Waals surface area contributed by atoms with E-state index in [-0.39, 0.29) is 10.5 Å². The number of carboxylic acid groups (broad SMARTS) is 1. The second kappa shape index (κ2) is 4.26. The van der Waals surface area contributed by atoms with Crippen molar-refractivity contribution in [2.75, 3.05) is 6.26 Å². The minimum Gasteiger partial charge on any atom is -0.478 e. The number of rotatable bonds is 3. The molecule has 1 aromatic heterocycles. The standard InChI is InChI=1S/C11H10N2O4S/c1-18(16,17)10-4-2-9(3-5-10)13-7-8(6-12-13)11(14)15/h2-7H,1H3,(H,14,15). The second-order valence-corrected chi connectivity index (χ2v) is 5.76. The fourth-order valence-electron chi connectivity index (χ4n) is 1.42. The van der Waals surface area contributed by atoms with Crippen LogP contribution < -0.4 is 0 Å². The molecule has 1 N–H and O–H groups in total. The first kappa shape index (κ1) is 12.3. The number of nitrogens with zero attached hydrogens (tertiary/aromatic N) is 2. The highest BCUT2D eigenvalue weighted by atomic mass is 32.2. The van der Waals surface area contributed by atoms with E-state index in [2.05, 4.69) is 5.10 Å². The van der Waals surface area contributed by atoms with Gasteiger partial charge in [0, 0.05) is 12.5 Å². The molecule has 2 aromatic rings. The van der Waals surface area contributed by atoms with Gasteiger partial charge < -0.3 is 5.11 Å². The minimum absolute atomic E-state index is 0.0715. The third kappa shape index (κ3) is 2.40. The van der Waals surface area contributed by atoms with Crippen LogP contribution >= 0.6 is 0 Å². The largest absolute Gasteiger partial charge is 0.478 e. The molecular formula is C11H10N2O4S. The molecule has 18 heavy (non-hydrogen) atoms. The lowest BCUT2D eigenvalue weighted by Crippen LogP contribution is -1.99. The molecule has 1 aromatic carbocycles. The Hall–Kier alpha value is -2.15. The van der Waals surface area contributed by atoms with Gasteiger partial charge in [0.2, 0.25) is 0 Å². The van der Waals surface area contributed by atoms with Gasteiger partial charge >= 0.3 is 5.97 Å². The van der Waals surface area contributed by atoms with Crippen LogP contribution in [0.25, 0.3) is 5.69 Å². The highest BCUT2D eigenvalue weighted by Gasteiger charge is 2.09. The van der Waals surface area contributed by atoms with Crippen LogP contribution in [0.1, 0.15) is 10.4 Å². The number of sulfone groups is 1. The van der Waals surface area contributed by atoms with E-state index in [9.17, 15) is 13.2 Å². The third-order valence-corrected chi connectivity index (χ3v) is 3.49. The number of hydrogen-bond donors (Lipinski definition) is 1. The summed E-state index contributed by atoms with van der Waals surface area (Å²) in [5.74, 6) is -1.06. The zero-order valence-corrected chi connectivity index (χ0v) is 10.3. The van der Waals surface area contributed by atoms with E-state index in [1.807, 2.05) is 0 Å². The Morgan fingerprint density at radius 3 is 2.33 bits per heavy atom. The van der Waals surface area contributed by atoms with E-state index >= 15 is 0 Å². The number of aromatic carboxylic acids is 1. The van der Waals surface area contributed by atoms with Gasteiger partial charge in [-0.25, -0.2) is 17.9 Å². The van der Waals surface area contributed by atoms with Gasteiger partial charge in [-0.2, -0.15) is 5.10 Å². The van der Waals surface area contributed by atoms with Gasteiger partial charge in [-0.05, 0) is 24.3 Å². The molecule has 0 unspecified atom stereocenters. The average Bonchev–Trinajstić information content (AvgIpc) is 2.77. The van der Waals surface area contributed by atoms with Crippen molar-refractivity contribution in [1.29, 1.82) is 0 Å². The highest BCUT2D eigenvalue weighted by Crippen LogP contribution is 2.13. The third-order valence-electron chi connectivity index (χ3n) is 2.36. The molecule has 7 heteroatoms. The lowest BCUT2D eigenvalue weighted by Gasteiger charge is -2.02. The molecule has 0 bridgehead atoms. The lowest BCUT2D eigenvalue weighted by molar-refractivity contribution is 0.0697. The van der Waals surface area contributed by atoms with Crippen molar-refractivity contribution in [3.63, 3.8) is 0 Å². The summed E-state index contributed by atoms with van der Waals surface area (Å²) in [4.78, 5) is 10.9. The van der Waals surface area contributed by atoms with Crippen molar-refractivity contribution in [1.82, 2.24) is 9.78 Å². The number of benzene rings is 1. The van der Waals surface area contributed by atoms with E-state index in [4.69, 9.17) is 5.11 Å². The summed E-state index contributed by atoms with van der Waals surface area (Å²) in [7, 11) is -3.23. The Labute approximate surface area is 103 Å². The normalized spacial score (nSPS) is 11.4. The van der Waals surface area contributed by atoms with Crippen LogP contribution in [-0.2, 0) is 9.84 Å². The van der Waals surface area contributed by atoms with Crippen molar-refractivity contribution in [2.45, 2.75) is 4.90 Å². The molecular weight excluding hydrogens is 256 g/mol. The fraction of sp³-hybridized carbons (Fsp3) is 0.0909. The number of hydrogen-bond acceptors (Lipinski definition) is 4. The first-order chi connectivity index (χ1) is 8.38. The van der Waals surface area contributed by atoms with Gasteiger partial charge in [0.15, 0.2) is 9.84 Å². The molecule has 1 heterocycles. The Balaban J connectivity index is 2.37. The predicted octanol–water partition coefficient (Wildman–Crippen LogP) is 0.974. The molecule has 0 spiro atoms. The van der Waals surface area contributed by atoms with Crippen LogP contribution in [0.3, 0.4) is 0 Å². The van der Waals surface area contributed by atoms with Crippen LogP contribution in [0.4, 0.5) is 0 Å². The summed E-state index contributed by atoms with van der Waals surface area (Å²) in [5, 5.41) is 12.6. The summed E-state index contributed by atoms with van der Waals surface area (Å²) in [6.07, 6.45) is 3.71. The first-order valence-corrected chi connectivity index (χ1v) is 6.85. The second-order valence-electron chi connectivity index (χ2n) is 3.74. The van der Waals surface area contributed by atoms with Crippen molar-refractivity contribution >= 4 is 15.8 Å². The summed E-state index contributed by atoms with van der Waals surface area (Å²) >= 11 is 0. The molecule has 0 aliphatic carbocycles. The van der Waals surface area contributed by atoms with Gasteiger partial charge in [0.25, 0.3) is 0 Å². The molecule has 0 saturated carbocycles. The maximum atomic E-state index is 11.3. The van der Waals surface area contributed by atoms with Gasteiger partial charge in [0.1, 0.15) is 0 Å². The monoisotopic (exact) mass is 266 g/mol. The Morgan fingerprint density at radius 2 is 1.89 bits per heavy atom. The highest BCUT2D eigenvalue weighted by molar-refractivity contribution is 7.90. The Bertz CT molecular complexity index is 686. The quantitative estimate of drug-likeness (QED) is 0.894. The van der Waals surface area contributed by atoms with Gasteiger partial charge in [-0.15, -0.1) is 0 Å². The van der Waals surface area contributed by atoms with Crippen molar-refractivity contribution in [3.05, 3.63) is 42.2 Å². The SMILES string of the molecule is CS(=O)(=O)c1ccc(-n2cc(C(=O)O)cn2)cc1. The molecule has 0 amide bonds. The van der Waals surface area contributed by atoms with Crippen molar-refractivity contribution in [3.8, 4) is 5.69 Å². The van der Waals surface area contributed by atoms with E-state index in [1.54, 1.807) is 12.1 Å². The molecule has 0 saturated heterocycles. The van der Waals surface area contributed by atoms with E-state index in [0.717, 1.165) is 6.26 Å². The number of carboxylic acids is 1. The van der Waals surface area contributed by atoms with E-state index < -0.39 is 15.8 Å². The predicted molar refractivity (Wildman–Crippen MR) is 63.6 cm³/mol. The van der Waals surface area contributed by atoms with Gasteiger partial charge in [-0.1, -0.05) is 0 Å². The molecule has 0 aliphatic heterocycles. The fourth-order valence-corrected chi connectivity index (χ4v) is 2.05. The van der Waals surface area contributed by atoms with Gasteiger partial charge in [-0.3, -0.25) is 0 Å². The molecule has 0 radical (unpaired) electrons. The summed E-state index contributed by atoms with van der Waals surface area (Å²) in [5.41, 5.74) is 0.664. The van der Waals surface area contributed by atoms with Crippen LogP contribution in [0.2, 0.25) is 0 Å². The summed E-state index contributed by atoms with van der Waals surface area (Å²) < 4.78 is 23.9. The zero-order chi connectivity index (χ0) is 13.3. The van der Waals surface area contributed by atoms with Crippen molar-refractivity contribution < 1.29 is 18.3 Å². The van der Waals surface area contributed by atoms with Crippen LogP contribution in [-0.4, -0.2) is 35.5 Å². The summed E-state index contributed by atoms with van der Waals surface area (Å²) in [6.45, 7) is 0. The molecule has 94 valence electrons. The van der Waals surface area contributed by atoms with Crippen molar-refractivity contribution in [2.24, 2.45) is 0 Å². The Kier molecular flexibility index (Phi) is 2.92. The van der Waals surface area contributed by atoms with Crippen LogP contribution in [0.5, 0.6) is 0 Å². The lowest BCUT2D eigenvalue weighted by atomic mass is 10.3. The maximum Gasteiger partial charge on any atom is 0.338 e. The molecule has 6 nitrogen and oxygen atoms in total. The molecule has 2 rings (SSSR count). The Morgan fingerprint density at radius 1 is 1.28 bits per heavy atom. The van der Waals surface area contributed by atoms with E-state index in [1.165, 1.54) is 29.2 Å². The first-order valence-electron chi connectivity index (χ1n) is 4.96. The molecule has 0 atom stereocenters. The minimum atomic E-state index is -3.23. The smallest absolute Gasteiger partial charge is 0.338 e. The molecule has 0 aliphatic rings. The topological polar surface area (TPSA) is 89.3 Å². The van der Waals surface area contributed by atoms with Crippen LogP contribution in [0, 0.1) is 0 Å². The molecule has 0 fully saturated rings. The average molecular weight is 266 g/mol. The summed E-state index contributed by atoms with van der Waals surface area (Å²) in [6, 6.07) is 6.03. The van der Waals surface area contributed by atoms with Gasteiger partial charge in [0.05, 0.1) is 22.3 Å². The number of carbonyl (C=O) groups is 1. The maximum absolute atomic E-state index is 11.3. The van der Waals surface area contributed by atoms with E-state index in [0.29, 0.717) is 5.69 Å². The number of aromatic nitrogens is 2. The zero-order valence-electron chi connectivity index (χ0n) is 9.44.